The summed E-state index contributed by atoms with van der Waals surface area (Å²) in [6.45, 7) is 4.90. The summed E-state index contributed by atoms with van der Waals surface area (Å²) in [5, 5.41) is 0. The van der Waals surface area contributed by atoms with Crippen molar-refractivity contribution in [1.82, 2.24) is 0 Å². The lowest BCUT2D eigenvalue weighted by atomic mass is 10.1. The number of hydrogen-bond donors (Lipinski definition) is 0. The van der Waals surface area contributed by atoms with Crippen LogP contribution in [0.25, 0.3) is 0 Å². The topological polar surface area (TPSA) is 38.8 Å². The van der Waals surface area contributed by atoms with Crippen molar-refractivity contribution in [2.24, 2.45) is 0 Å². The number of benzene rings is 1. The molecule has 3 nitrogen and oxygen atoms in total. The predicted molar refractivity (Wildman–Crippen MR) is 56.4 cm³/mol. The molecule has 15 heavy (non-hydrogen) atoms. The molecule has 1 fully saturated rings. The number of aryl methyl sites for hydroxylation is 1. The Morgan fingerprint density at radius 2 is 2.33 bits per heavy atom. The van der Waals surface area contributed by atoms with Crippen molar-refractivity contribution in [3.8, 4) is 5.75 Å². The maximum absolute atomic E-state index is 11.1. The van der Waals surface area contributed by atoms with Gasteiger partial charge in [-0.25, -0.2) is 0 Å². The fourth-order valence-corrected chi connectivity index (χ4v) is 1.38. The van der Waals surface area contributed by atoms with Crippen LogP contribution in [0.4, 0.5) is 0 Å². The molecule has 1 atom stereocenters. The first-order valence-electron chi connectivity index (χ1n) is 5.03. The van der Waals surface area contributed by atoms with Gasteiger partial charge in [0.2, 0.25) is 0 Å². The summed E-state index contributed by atoms with van der Waals surface area (Å²) in [5.41, 5.74) is 1.71. The monoisotopic (exact) mass is 206 g/mol. The largest absolute Gasteiger partial charge is 0.491 e. The maximum Gasteiger partial charge on any atom is 0.159 e. The van der Waals surface area contributed by atoms with Gasteiger partial charge in [0.1, 0.15) is 18.5 Å². The number of ketones is 1. The van der Waals surface area contributed by atoms with Crippen molar-refractivity contribution in [2.75, 3.05) is 13.2 Å². The molecule has 0 aliphatic carbocycles. The summed E-state index contributed by atoms with van der Waals surface area (Å²) in [6.07, 6.45) is 0.261. The standard InChI is InChI=1S/C12H14O3/c1-8-5-10(9(2)13)3-4-12(8)15-7-11-6-14-11/h3-5,11H,6-7H2,1-2H3/t11-/m1/s1. The zero-order chi connectivity index (χ0) is 10.8. The summed E-state index contributed by atoms with van der Waals surface area (Å²) in [6, 6.07) is 5.48. The molecule has 3 heteroatoms. The van der Waals surface area contributed by atoms with E-state index in [9.17, 15) is 4.79 Å². The number of rotatable bonds is 4. The molecule has 80 valence electrons. The second-order valence-corrected chi connectivity index (χ2v) is 3.80. The van der Waals surface area contributed by atoms with E-state index in [-0.39, 0.29) is 11.9 Å². The first-order chi connectivity index (χ1) is 7.16. The van der Waals surface area contributed by atoms with Gasteiger partial charge in [0.05, 0.1) is 6.61 Å². The second kappa shape index (κ2) is 4.03. The smallest absolute Gasteiger partial charge is 0.159 e. The molecule has 1 aliphatic rings. The van der Waals surface area contributed by atoms with E-state index in [0.29, 0.717) is 6.61 Å². The van der Waals surface area contributed by atoms with Crippen LogP contribution < -0.4 is 4.74 Å². The fraction of sp³-hybridized carbons (Fsp3) is 0.417. The highest BCUT2D eigenvalue weighted by Gasteiger charge is 2.23. The van der Waals surface area contributed by atoms with E-state index in [0.717, 1.165) is 23.5 Å². The van der Waals surface area contributed by atoms with Crippen LogP contribution in [0.1, 0.15) is 22.8 Å². The molecule has 0 bridgehead atoms. The third kappa shape index (κ3) is 2.57. The van der Waals surface area contributed by atoms with Gasteiger partial charge in [-0.1, -0.05) is 0 Å². The molecule has 0 unspecified atom stereocenters. The summed E-state index contributed by atoms with van der Waals surface area (Å²) >= 11 is 0. The first-order valence-corrected chi connectivity index (χ1v) is 5.03. The Morgan fingerprint density at radius 1 is 1.60 bits per heavy atom. The minimum Gasteiger partial charge on any atom is -0.491 e. The van der Waals surface area contributed by atoms with E-state index in [1.54, 1.807) is 13.0 Å². The Bertz CT molecular complexity index is 380. The summed E-state index contributed by atoms with van der Waals surface area (Å²) in [7, 11) is 0. The van der Waals surface area contributed by atoms with E-state index in [4.69, 9.17) is 9.47 Å². The Hall–Kier alpha value is -1.35. The van der Waals surface area contributed by atoms with Gasteiger partial charge in [0.25, 0.3) is 0 Å². The third-order valence-corrected chi connectivity index (χ3v) is 2.41. The quantitative estimate of drug-likeness (QED) is 0.558. The van der Waals surface area contributed by atoms with Crippen LogP contribution in [0, 0.1) is 6.92 Å². The second-order valence-electron chi connectivity index (χ2n) is 3.80. The average molecular weight is 206 g/mol. The molecule has 2 rings (SSSR count). The highest BCUT2D eigenvalue weighted by molar-refractivity contribution is 5.94. The lowest BCUT2D eigenvalue weighted by Crippen LogP contribution is -2.05. The van der Waals surface area contributed by atoms with Crippen LogP contribution in [0.3, 0.4) is 0 Å². The fourth-order valence-electron chi connectivity index (χ4n) is 1.38. The van der Waals surface area contributed by atoms with E-state index in [1.807, 2.05) is 19.1 Å². The molecule has 0 amide bonds. The molecule has 0 radical (unpaired) electrons. The van der Waals surface area contributed by atoms with E-state index in [1.165, 1.54) is 0 Å². The van der Waals surface area contributed by atoms with Gasteiger partial charge in [-0.15, -0.1) is 0 Å². The lowest BCUT2D eigenvalue weighted by molar-refractivity contribution is 0.101. The van der Waals surface area contributed by atoms with Gasteiger partial charge in [0.15, 0.2) is 5.78 Å². The average Bonchev–Trinajstić information content (AvgIpc) is 2.99. The zero-order valence-corrected chi connectivity index (χ0v) is 8.95. The van der Waals surface area contributed by atoms with Crippen LogP contribution in [0.15, 0.2) is 18.2 Å². The van der Waals surface area contributed by atoms with Crippen LogP contribution in [0.2, 0.25) is 0 Å². The lowest BCUT2D eigenvalue weighted by Gasteiger charge is -2.08. The molecule has 0 spiro atoms. The number of epoxide rings is 1. The Balaban J connectivity index is 2.07. The van der Waals surface area contributed by atoms with Crippen molar-refractivity contribution in [2.45, 2.75) is 20.0 Å². The highest BCUT2D eigenvalue weighted by atomic mass is 16.6. The van der Waals surface area contributed by atoms with Crippen molar-refractivity contribution < 1.29 is 14.3 Å². The first kappa shape index (κ1) is 10.2. The molecular weight excluding hydrogens is 192 g/mol. The molecular formula is C12H14O3. The van der Waals surface area contributed by atoms with Crippen LogP contribution in [-0.2, 0) is 4.74 Å². The van der Waals surface area contributed by atoms with Crippen molar-refractivity contribution in [3.05, 3.63) is 29.3 Å². The number of ether oxygens (including phenoxy) is 2. The predicted octanol–water partition coefficient (Wildman–Crippen LogP) is 1.98. The number of carbonyl (C=O) groups excluding carboxylic acids is 1. The Kier molecular flexibility index (Phi) is 2.73. The summed E-state index contributed by atoms with van der Waals surface area (Å²) in [5.74, 6) is 0.908. The van der Waals surface area contributed by atoms with Gasteiger partial charge >= 0.3 is 0 Å². The molecule has 0 saturated carbocycles. The Morgan fingerprint density at radius 3 is 2.87 bits per heavy atom. The van der Waals surface area contributed by atoms with E-state index in [2.05, 4.69) is 0 Å². The van der Waals surface area contributed by atoms with Crippen LogP contribution >= 0.6 is 0 Å². The van der Waals surface area contributed by atoms with Gasteiger partial charge < -0.3 is 9.47 Å². The summed E-state index contributed by atoms with van der Waals surface area (Å²) in [4.78, 5) is 11.1. The third-order valence-electron chi connectivity index (χ3n) is 2.41. The molecule has 1 heterocycles. The van der Waals surface area contributed by atoms with Crippen molar-refractivity contribution in [1.29, 1.82) is 0 Å². The molecule has 0 aromatic heterocycles. The molecule has 1 aliphatic heterocycles. The molecule has 1 aromatic rings. The number of carbonyl (C=O) groups is 1. The van der Waals surface area contributed by atoms with Gasteiger partial charge in [-0.2, -0.15) is 0 Å². The Labute approximate surface area is 89.0 Å². The van der Waals surface area contributed by atoms with Crippen molar-refractivity contribution in [3.63, 3.8) is 0 Å². The van der Waals surface area contributed by atoms with Gasteiger partial charge in [-0.3, -0.25) is 4.79 Å². The zero-order valence-electron chi connectivity index (χ0n) is 8.95. The summed E-state index contributed by atoms with van der Waals surface area (Å²) < 4.78 is 10.6. The number of hydrogen-bond acceptors (Lipinski definition) is 3. The SMILES string of the molecule is CC(=O)c1ccc(OC[C@H]2CO2)c(C)c1. The minimum absolute atomic E-state index is 0.0789. The number of Topliss-reactive ketones (excluding diaryl/α,β-unsaturated/α-hetero) is 1. The van der Waals surface area contributed by atoms with Gasteiger partial charge in [0, 0.05) is 5.56 Å². The maximum atomic E-state index is 11.1. The minimum atomic E-state index is 0.0789. The van der Waals surface area contributed by atoms with Crippen LogP contribution in [-0.4, -0.2) is 25.1 Å². The van der Waals surface area contributed by atoms with E-state index < -0.39 is 0 Å². The molecule has 0 N–H and O–H groups in total. The normalized spacial score (nSPS) is 18.7. The highest BCUT2D eigenvalue weighted by Crippen LogP contribution is 2.21. The van der Waals surface area contributed by atoms with E-state index >= 15 is 0 Å². The molecule has 1 saturated heterocycles. The molecule has 1 aromatic carbocycles. The van der Waals surface area contributed by atoms with Crippen molar-refractivity contribution >= 4 is 5.78 Å². The van der Waals surface area contributed by atoms with Crippen LogP contribution in [0.5, 0.6) is 5.75 Å². The van der Waals surface area contributed by atoms with Gasteiger partial charge in [-0.05, 0) is 37.6 Å².